The van der Waals surface area contributed by atoms with E-state index in [0.29, 0.717) is 22.7 Å². The zero-order valence-electron chi connectivity index (χ0n) is 13.0. The average Bonchev–Trinajstić information content (AvgIpc) is 3.10. The SMILES string of the molecule is O=C(Nc1ccnc(Sc2ccccn2)c1)c1ccc2c(c1)OCO2. The summed E-state index contributed by atoms with van der Waals surface area (Å²) in [7, 11) is 0. The summed E-state index contributed by atoms with van der Waals surface area (Å²) >= 11 is 1.43. The van der Waals surface area contributed by atoms with Gasteiger partial charge in [0, 0.05) is 23.6 Å². The molecule has 0 unspecified atom stereocenters. The van der Waals surface area contributed by atoms with Crippen LogP contribution in [0.5, 0.6) is 11.5 Å². The number of aromatic nitrogens is 2. The molecule has 0 aliphatic carbocycles. The molecule has 3 heterocycles. The molecule has 0 radical (unpaired) electrons. The summed E-state index contributed by atoms with van der Waals surface area (Å²) in [5.41, 5.74) is 1.16. The van der Waals surface area contributed by atoms with Gasteiger partial charge in [0.25, 0.3) is 5.91 Å². The van der Waals surface area contributed by atoms with Crippen LogP contribution in [0.2, 0.25) is 0 Å². The molecule has 1 aliphatic rings. The van der Waals surface area contributed by atoms with E-state index in [1.54, 1.807) is 36.7 Å². The summed E-state index contributed by atoms with van der Waals surface area (Å²) in [6.45, 7) is 0.179. The lowest BCUT2D eigenvalue weighted by molar-refractivity contribution is 0.102. The minimum atomic E-state index is -0.224. The predicted molar refractivity (Wildman–Crippen MR) is 93.1 cm³/mol. The van der Waals surface area contributed by atoms with Crippen molar-refractivity contribution in [2.24, 2.45) is 0 Å². The number of nitrogens with zero attached hydrogens (tertiary/aromatic N) is 2. The van der Waals surface area contributed by atoms with Crippen molar-refractivity contribution >= 4 is 23.4 Å². The summed E-state index contributed by atoms with van der Waals surface area (Å²) in [6, 6.07) is 14.3. The van der Waals surface area contributed by atoms with Gasteiger partial charge in [-0.15, -0.1) is 0 Å². The fourth-order valence-electron chi connectivity index (χ4n) is 2.30. The molecule has 1 aliphatic heterocycles. The maximum Gasteiger partial charge on any atom is 0.255 e. The molecule has 0 spiro atoms. The topological polar surface area (TPSA) is 73.3 Å². The minimum absolute atomic E-state index is 0.179. The number of anilines is 1. The predicted octanol–water partition coefficient (Wildman–Crippen LogP) is 3.61. The Morgan fingerprint density at radius 3 is 2.72 bits per heavy atom. The molecule has 0 saturated carbocycles. The van der Waals surface area contributed by atoms with Gasteiger partial charge in [-0.2, -0.15) is 0 Å². The van der Waals surface area contributed by atoms with E-state index >= 15 is 0 Å². The molecule has 1 N–H and O–H groups in total. The van der Waals surface area contributed by atoms with E-state index in [1.165, 1.54) is 11.8 Å². The van der Waals surface area contributed by atoms with Gasteiger partial charge in [-0.05, 0) is 42.5 Å². The second kappa shape index (κ2) is 6.82. The molecule has 124 valence electrons. The molecule has 25 heavy (non-hydrogen) atoms. The second-order valence-corrected chi connectivity index (χ2v) is 6.22. The van der Waals surface area contributed by atoms with Gasteiger partial charge < -0.3 is 14.8 Å². The summed E-state index contributed by atoms with van der Waals surface area (Å²) in [4.78, 5) is 21.0. The number of carbonyl (C=O) groups excluding carboxylic acids is 1. The Kier molecular flexibility index (Phi) is 4.22. The Balaban J connectivity index is 1.49. The first kappa shape index (κ1) is 15.5. The maximum atomic E-state index is 12.4. The van der Waals surface area contributed by atoms with Gasteiger partial charge in [0.15, 0.2) is 11.5 Å². The highest BCUT2D eigenvalue weighted by atomic mass is 32.2. The highest BCUT2D eigenvalue weighted by Crippen LogP contribution is 2.32. The molecule has 0 fully saturated rings. The van der Waals surface area contributed by atoms with Gasteiger partial charge in [-0.1, -0.05) is 17.8 Å². The number of hydrogen-bond donors (Lipinski definition) is 1. The molecular weight excluding hydrogens is 338 g/mol. The lowest BCUT2D eigenvalue weighted by Crippen LogP contribution is -2.11. The molecule has 4 rings (SSSR count). The van der Waals surface area contributed by atoms with Crippen LogP contribution in [-0.2, 0) is 0 Å². The molecular formula is C18H13N3O3S. The number of rotatable bonds is 4. The Labute approximate surface area is 148 Å². The Morgan fingerprint density at radius 2 is 1.84 bits per heavy atom. The van der Waals surface area contributed by atoms with Crippen LogP contribution in [0.15, 0.2) is 71.0 Å². The third kappa shape index (κ3) is 3.56. The number of ether oxygens (including phenoxy) is 2. The molecule has 0 bridgehead atoms. The normalized spacial score (nSPS) is 12.0. The lowest BCUT2D eigenvalue weighted by atomic mass is 10.2. The van der Waals surface area contributed by atoms with Gasteiger partial charge in [0.2, 0.25) is 6.79 Å². The summed E-state index contributed by atoms with van der Waals surface area (Å²) in [6.07, 6.45) is 3.38. The Morgan fingerprint density at radius 1 is 0.960 bits per heavy atom. The molecule has 0 atom stereocenters. The number of nitrogens with one attached hydrogen (secondary N) is 1. The Bertz CT molecular complexity index is 918. The van der Waals surface area contributed by atoms with Crippen molar-refractivity contribution < 1.29 is 14.3 Å². The first-order valence-corrected chi connectivity index (χ1v) is 8.35. The molecule has 2 aromatic heterocycles. The fourth-order valence-corrected chi connectivity index (χ4v) is 3.07. The second-order valence-electron chi connectivity index (χ2n) is 5.17. The van der Waals surface area contributed by atoms with E-state index in [4.69, 9.17) is 9.47 Å². The quantitative estimate of drug-likeness (QED) is 0.774. The van der Waals surface area contributed by atoms with Crippen molar-refractivity contribution in [3.8, 4) is 11.5 Å². The largest absolute Gasteiger partial charge is 0.454 e. The third-order valence-corrected chi connectivity index (χ3v) is 4.36. The Hall–Kier alpha value is -3.06. The van der Waals surface area contributed by atoms with E-state index in [0.717, 1.165) is 10.1 Å². The first-order chi connectivity index (χ1) is 12.3. The van der Waals surface area contributed by atoms with Gasteiger partial charge in [-0.25, -0.2) is 9.97 Å². The molecule has 6 nitrogen and oxygen atoms in total. The van der Waals surface area contributed by atoms with Crippen LogP contribution in [0.25, 0.3) is 0 Å². The van der Waals surface area contributed by atoms with E-state index in [2.05, 4.69) is 15.3 Å². The number of carbonyl (C=O) groups is 1. The molecule has 3 aromatic rings. The highest BCUT2D eigenvalue weighted by molar-refractivity contribution is 7.99. The number of amides is 1. The molecule has 1 amide bonds. The van der Waals surface area contributed by atoms with Crippen molar-refractivity contribution in [1.29, 1.82) is 0 Å². The van der Waals surface area contributed by atoms with Crippen LogP contribution in [0, 0.1) is 0 Å². The van der Waals surface area contributed by atoms with Crippen molar-refractivity contribution in [2.75, 3.05) is 12.1 Å². The smallest absolute Gasteiger partial charge is 0.255 e. The first-order valence-electron chi connectivity index (χ1n) is 7.54. The molecule has 7 heteroatoms. The standard InChI is InChI=1S/C18H13N3O3S/c22-18(12-4-5-14-15(9-12)24-11-23-14)21-13-6-8-20-17(10-13)25-16-3-1-2-7-19-16/h1-10H,11H2,(H,20,21,22). The van der Waals surface area contributed by atoms with Gasteiger partial charge in [0.05, 0.1) is 0 Å². The van der Waals surface area contributed by atoms with Crippen molar-refractivity contribution in [3.05, 3.63) is 66.5 Å². The van der Waals surface area contributed by atoms with E-state index in [-0.39, 0.29) is 12.7 Å². The van der Waals surface area contributed by atoms with Gasteiger partial charge >= 0.3 is 0 Å². The van der Waals surface area contributed by atoms with Crippen LogP contribution in [0.3, 0.4) is 0 Å². The highest BCUT2D eigenvalue weighted by Gasteiger charge is 2.16. The zero-order chi connectivity index (χ0) is 17.1. The third-order valence-electron chi connectivity index (χ3n) is 3.47. The number of pyridine rings is 2. The minimum Gasteiger partial charge on any atom is -0.454 e. The average molecular weight is 351 g/mol. The number of fused-ring (bicyclic) bond motifs is 1. The monoisotopic (exact) mass is 351 g/mol. The van der Waals surface area contributed by atoms with E-state index in [9.17, 15) is 4.79 Å². The van der Waals surface area contributed by atoms with E-state index in [1.807, 2.05) is 24.3 Å². The summed E-state index contributed by atoms with van der Waals surface area (Å²) in [5, 5.41) is 4.46. The van der Waals surface area contributed by atoms with Crippen LogP contribution in [-0.4, -0.2) is 22.7 Å². The fraction of sp³-hybridized carbons (Fsp3) is 0.0556. The molecule has 0 saturated heterocycles. The van der Waals surface area contributed by atoms with Crippen molar-refractivity contribution in [1.82, 2.24) is 9.97 Å². The van der Waals surface area contributed by atoms with Crippen LogP contribution < -0.4 is 14.8 Å². The van der Waals surface area contributed by atoms with Crippen molar-refractivity contribution in [3.63, 3.8) is 0 Å². The van der Waals surface area contributed by atoms with E-state index < -0.39 is 0 Å². The van der Waals surface area contributed by atoms with Crippen LogP contribution in [0.1, 0.15) is 10.4 Å². The zero-order valence-corrected chi connectivity index (χ0v) is 13.8. The maximum absolute atomic E-state index is 12.4. The van der Waals surface area contributed by atoms with Crippen LogP contribution >= 0.6 is 11.8 Å². The van der Waals surface area contributed by atoms with Gasteiger partial charge in [0.1, 0.15) is 10.1 Å². The van der Waals surface area contributed by atoms with Gasteiger partial charge in [-0.3, -0.25) is 4.79 Å². The summed E-state index contributed by atoms with van der Waals surface area (Å²) < 4.78 is 10.6. The molecule has 1 aromatic carbocycles. The van der Waals surface area contributed by atoms with Crippen molar-refractivity contribution in [2.45, 2.75) is 10.1 Å². The van der Waals surface area contributed by atoms with Crippen LogP contribution in [0.4, 0.5) is 5.69 Å². The number of benzene rings is 1. The lowest BCUT2D eigenvalue weighted by Gasteiger charge is -2.07. The number of hydrogen-bond acceptors (Lipinski definition) is 6. The summed E-state index contributed by atoms with van der Waals surface area (Å²) in [5.74, 6) is 1.00.